The van der Waals surface area contributed by atoms with Crippen LogP contribution in [0, 0.1) is 0 Å². The van der Waals surface area contributed by atoms with E-state index in [4.69, 9.17) is 74.8 Å². The minimum absolute atomic E-state index is 0.135. The maximum absolute atomic E-state index is 12.1. The predicted octanol–water partition coefficient (Wildman–Crippen LogP) is 9.37. The summed E-state index contributed by atoms with van der Waals surface area (Å²) in [6, 6.07) is 28.1. The average Bonchev–Trinajstić information content (AvgIpc) is 3.56. The van der Waals surface area contributed by atoms with Crippen molar-refractivity contribution in [2.24, 2.45) is 0 Å². The van der Waals surface area contributed by atoms with Crippen molar-refractivity contribution in [3.63, 3.8) is 0 Å². The number of nitrogens with zero attached hydrogens (tertiary/aromatic N) is 6. The molecule has 4 aromatic carbocycles. The van der Waals surface area contributed by atoms with Crippen LogP contribution in [0.4, 0.5) is 21.2 Å². The number of carbonyl (C=O) groups is 2. The largest absolute Gasteiger partial charge is 0.377 e. The molecule has 0 spiro atoms. The monoisotopic (exact) mass is 1260 g/mol. The number of anilines is 2. The predicted molar refractivity (Wildman–Crippen MR) is 338 cm³/mol. The van der Waals surface area contributed by atoms with Gasteiger partial charge in [0, 0.05) is 109 Å². The van der Waals surface area contributed by atoms with E-state index in [0.29, 0.717) is 163 Å². The van der Waals surface area contributed by atoms with Gasteiger partial charge in [0.05, 0.1) is 91.7 Å². The number of fused-ring (bicyclic) bond motifs is 2. The fourth-order valence-corrected chi connectivity index (χ4v) is 11.3. The lowest BCUT2D eigenvalue weighted by Gasteiger charge is -2.33. The third kappa shape index (κ3) is 21.4. The van der Waals surface area contributed by atoms with E-state index in [1.54, 1.807) is 12.4 Å². The minimum Gasteiger partial charge on any atom is -0.377 e. The fraction of sp³-hybridized carbons (Fsp3) is 0.452. The van der Waals surface area contributed by atoms with Crippen molar-refractivity contribution in [1.82, 2.24) is 51.5 Å². The summed E-state index contributed by atoms with van der Waals surface area (Å²) in [5, 5.41) is 37.4. The molecule has 0 unspecified atom stereocenters. The van der Waals surface area contributed by atoms with E-state index in [0.717, 1.165) is 59.6 Å². The van der Waals surface area contributed by atoms with Crippen LogP contribution in [0.25, 0.3) is 22.3 Å². The molecular formula is C62H78Cl4N12O8. The van der Waals surface area contributed by atoms with Gasteiger partial charge in [0.2, 0.25) is 0 Å². The molecule has 0 fully saturated rings. The van der Waals surface area contributed by atoms with E-state index in [2.05, 4.69) is 125 Å². The summed E-state index contributed by atoms with van der Waals surface area (Å²) in [7, 11) is 4.22. The summed E-state index contributed by atoms with van der Waals surface area (Å²) in [6.07, 6.45) is 4.95. The summed E-state index contributed by atoms with van der Waals surface area (Å²) in [4.78, 5) is 28.8. The number of hydrogen-bond donors (Lipinski definition) is 6. The van der Waals surface area contributed by atoms with Gasteiger partial charge in [0.1, 0.15) is 11.6 Å². The number of ether oxygens (including phenoxy) is 6. The molecule has 2 aromatic heterocycles. The number of urea groups is 2. The third-order valence-electron chi connectivity index (χ3n) is 14.4. The van der Waals surface area contributed by atoms with E-state index in [-0.39, 0.29) is 23.9 Å². The van der Waals surface area contributed by atoms with Gasteiger partial charge in [-0.05, 0) is 108 Å². The zero-order valence-corrected chi connectivity index (χ0v) is 51.8. The van der Waals surface area contributed by atoms with Gasteiger partial charge in [0.25, 0.3) is 0 Å². The highest BCUT2D eigenvalue weighted by atomic mass is 35.5. The molecule has 2 aliphatic rings. The van der Waals surface area contributed by atoms with Gasteiger partial charge >= 0.3 is 12.1 Å². The number of likely N-dealkylation sites (N-methyl/N-ethyl adjacent to an activating group) is 2. The van der Waals surface area contributed by atoms with Crippen LogP contribution >= 0.6 is 46.4 Å². The van der Waals surface area contributed by atoms with Crippen molar-refractivity contribution in [2.75, 3.05) is 156 Å². The van der Waals surface area contributed by atoms with Gasteiger partial charge in [-0.3, -0.25) is 0 Å². The molecular weight excluding hydrogens is 1180 g/mol. The lowest BCUT2D eigenvalue weighted by Crippen LogP contribution is -2.39. The number of amides is 4. The smallest absolute Gasteiger partial charge is 0.314 e. The Morgan fingerprint density at radius 2 is 0.837 bits per heavy atom. The third-order valence-corrected chi connectivity index (χ3v) is 15.5. The molecule has 6 N–H and O–H groups in total. The van der Waals surface area contributed by atoms with Gasteiger partial charge in [-0.2, -0.15) is 10.2 Å². The van der Waals surface area contributed by atoms with Gasteiger partial charge in [-0.15, -0.1) is 10.2 Å². The first kappa shape index (κ1) is 66.0. The molecule has 0 saturated carbocycles. The second-order valence-corrected chi connectivity index (χ2v) is 22.6. The van der Waals surface area contributed by atoms with Crippen molar-refractivity contribution in [3.05, 3.63) is 151 Å². The van der Waals surface area contributed by atoms with Crippen molar-refractivity contribution >= 4 is 70.1 Å². The topological polar surface area (TPSA) is 220 Å². The normalized spacial score (nSPS) is 15.0. The van der Waals surface area contributed by atoms with Crippen LogP contribution in [0.5, 0.6) is 0 Å². The molecule has 6 aromatic rings. The molecule has 4 heterocycles. The Balaban J connectivity index is 0.548. The van der Waals surface area contributed by atoms with Gasteiger partial charge < -0.3 is 70.1 Å². The van der Waals surface area contributed by atoms with Crippen LogP contribution in [-0.4, -0.2) is 188 Å². The van der Waals surface area contributed by atoms with Crippen molar-refractivity contribution in [1.29, 1.82) is 0 Å². The van der Waals surface area contributed by atoms with E-state index in [1.807, 2.05) is 36.4 Å². The Labute approximate surface area is 524 Å². The molecule has 0 aliphatic carbocycles. The number of nitrogens with one attached hydrogen (secondary N) is 6. The first-order chi connectivity index (χ1) is 42.0. The molecule has 0 radical (unpaired) electrons. The van der Waals surface area contributed by atoms with Crippen molar-refractivity contribution < 1.29 is 38.0 Å². The molecule has 2 atom stereocenters. The Kier molecular flexibility index (Phi) is 27.4. The van der Waals surface area contributed by atoms with Crippen molar-refractivity contribution in [2.45, 2.75) is 37.8 Å². The zero-order valence-electron chi connectivity index (χ0n) is 48.8. The molecule has 24 heteroatoms. The number of rotatable bonds is 35. The highest BCUT2D eigenvalue weighted by molar-refractivity contribution is 6.35. The number of unbranched alkanes of at least 4 members (excludes halogenated alkanes) is 1. The quantitative estimate of drug-likeness (QED) is 0.0204. The molecule has 20 nitrogen and oxygen atoms in total. The molecule has 86 heavy (non-hydrogen) atoms. The van der Waals surface area contributed by atoms with Gasteiger partial charge in [-0.25, -0.2) is 9.59 Å². The SMILES string of the molecule is CN1Cc2c(Cl)cc(Cl)cc2[C@H](c2cccc(-c3cnnc(NCCOCCOCCOCCNC(=O)NCCCCNC(=O)NCCOCCOCCOCCNc4cc(-c5cccc([C@@H]6CN(C)Cc7c(Cl)cc(Cl)cc76)c5)cnn4)c3)c2)C1. The molecule has 0 bridgehead atoms. The van der Waals surface area contributed by atoms with E-state index < -0.39 is 0 Å². The highest BCUT2D eigenvalue weighted by Gasteiger charge is 2.29. The standard InChI is InChI=1S/C62H78Cl4N12O8/c1-77-39-53(51-33-49(63)35-57(65)55(51)41-77)45-9-5-7-43(29-45)47-31-59(75-73-37-47)67-13-17-81-21-25-85-27-23-83-19-15-71-61(79)69-11-3-4-12-70-62(80)72-16-20-84-24-28-86-26-22-82-18-14-68-60-32-48(38-74-76-60)44-8-6-10-46(30-44)54-40-78(2)42-56-52(54)34-50(64)36-58(56)66/h5-10,29-38,53-54H,3-4,11-28,39-42H2,1-2H3,(H,67,75)(H,68,76)(H2,69,71,79)(H2,70,72,80)/t53-,54-/m0/s1. The number of carbonyl (C=O) groups excluding carboxylic acids is 2. The molecule has 2 aliphatic heterocycles. The maximum Gasteiger partial charge on any atom is 0.314 e. The van der Waals surface area contributed by atoms with Crippen LogP contribution in [0.3, 0.4) is 0 Å². The molecule has 8 rings (SSSR count). The molecule has 462 valence electrons. The second kappa shape index (κ2) is 35.7. The van der Waals surface area contributed by atoms with E-state index in [9.17, 15) is 9.59 Å². The Morgan fingerprint density at radius 1 is 0.465 bits per heavy atom. The zero-order chi connectivity index (χ0) is 60.3. The highest BCUT2D eigenvalue weighted by Crippen LogP contribution is 2.41. The van der Waals surface area contributed by atoms with Gasteiger partial charge in [-0.1, -0.05) is 94.9 Å². The van der Waals surface area contributed by atoms with Crippen LogP contribution in [0.1, 0.15) is 58.1 Å². The Bertz CT molecular complexity index is 2900. The number of aromatic nitrogens is 4. The van der Waals surface area contributed by atoms with Crippen molar-refractivity contribution in [3.8, 4) is 22.3 Å². The van der Waals surface area contributed by atoms with E-state index in [1.165, 1.54) is 22.3 Å². The molecule has 4 amide bonds. The summed E-state index contributed by atoms with van der Waals surface area (Å²) in [5.74, 6) is 1.59. The minimum atomic E-state index is -0.274. The second-order valence-electron chi connectivity index (χ2n) is 20.9. The summed E-state index contributed by atoms with van der Waals surface area (Å²) >= 11 is 26.1. The van der Waals surface area contributed by atoms with Crippen LogP contribution in [-0.2, 0) is 41.5 Å². The van der Waals surface area contributed by atoms with Crippen LogP contribution in [0.15, 0.2) is 97.3 Å². The van der Waals surface area contributed by atoms with Crippen LogP contribution < -0.4 is 31.9 Å². The number of benzene rings is 4. The first-order valence-electron chi connectivity index (χ1n) is 29.1. The summed E-state index contributed by atoms with van der Waals surface area (Å²) in [5.41, 5.74) is 10.9. The lowest BCUT2D eigenvalue weighted by atomic mass is 9.84. The fourth-order valence-electron chi connectivity index (χ4n) is 10.2. The van der Waals surface area contributed by atoms with E-state index >= 15 is 0 Å². The van der Waals surface area contributed by atoms with Gasteiger partial charge in [0.15, 0.2) is 0 Å². The summed E-state index contributed by atoms with van der Waals surface area (Å²) in [6.45, 7) is 11.1. The molecule has 0 saturated heterocycles. The van der Waals surface area contributed by atoms with Crippen LogP contribution in [0.2, 0.25) is 20.1 Å². The Morgan fingerprint density at radius 3 is 1.24 bits per heavy atom. The first-order valence-corrected chi connectivity index (χ1v) is 30.6. The Hall–Kier alpha value is -5.98. The number of hydrogen-bond acceptors (Lipinski definition) is 16. The average molecular weight is 1260 g/mol. The maximum atomic E-state index is 12.1. The lowest BCUT2D eigenvalue weighted by molar-refractivity contribution is 0.0172. The number of halogens is 4. The summed E-state index contributed by atoms with van der Waals surface area (Å²) < 4.78 is 33.8.